The van der Waals surface area contributed by atoms with E-state index in [1.807, 2.05) is 6.08 Å². The number of ether oxygens (including phenoxy) is 1. The average molecular weight is 706 g/mol. The summed E-state index contributed by atoms with van der Waals surface area (Å²) in [5.41, 5.74) is 3.60. The van der Waals surface area contributed by atoms with Crippen LogP contribution in [-0.2, 0) is 24.6 Å². The molecule has 4 aromatic rings. The van der Waals surface area contributed by atoms with Crippen molar-refractivity contribution in [3.8, 4) is 11.5 Å². The lowest BCUT2D eigenvalue weighted by Crippen LogP contribution is -2.53. The SMILES string of the molecule is CCOc1cccc(C2C3=CCC4C(=O)N(c5ccccc5)C(=O)C4C3CC3C(=O)N(Nc4ccc(F)cc4)C(=O)C32c2ccc(Cl)cc2)c1O. The van der Waals surface area contributed by atoms with E-state index in [9.17, 15) is 23.9 Å². The Morgan fingerprint density at radius 2 is 1.61 bits per heavy atom. The third kappa shape index (κ3) is 4.87. The maximum Gasteiger partial charge on any atom is 0.260 e. The normalized spacial score (nSPS) is 26.8. The first-order valence-corrected chi connectivity index (χ1v) is 17.3. The van der Waals surface area contributed by atoms with Gasteiger partial charge in [0.05, 0.1) is 41.2 Å². The number of imide groups is 2. The Kier molecular flexibility index (Phi) is 7.94. The molecule has 4 amide bonds. The second-order valence-electron chi connectivity index (χ2n) is 13.3. The van der Waals surface area contributed by atoms with Gasteiger partial charge in [-0.25, -0.2) is 4.39 Å². The number of carbonyl (C=O) groups excluding carboxylic acids is 4. The highest BCUT2D eigenvalue weighted by atomic mass is 35.5. The minimum atomic E-state index is -1.63. The monoisotopic (exact) mass is 705 g/mol. The number of rotatable bonds is 7. The van der Waals surface area contributed by atoms with Gasteiger partial charge in [-0.05, 0) is 85.8 Å². The first kappa shape index (κ1) is 32.7. The number of amides is 4. The van der Waals surface area contributed by atoms with Gasteiger partial charge >= 0.3 is 0 Å². The molecule has 3 fully saturated rings. The van der Waals surface area contributed by atoms with Crippen LogP contribution >= 0.6 is 11.6 Å². The first-order valence-electron chi connectivity index (χ1n) is 16.9. The lowest BCUT2D eigenvalue weighted by molar-refractivity contribution is -0.138. The van der Waals surface area contributed by atoms with Gasteiger partial charge in [0, 0.05) is 16.5 Å². The molecule has 4 aromatic carbocycles. The Morgan fingerprint density at radius 3 is 2.31 bits per heavy atom. The second kappa shape index (κ2) is 12.4. The number of fused-ring (bicyclic) bond motifs is 4. The number of hydrazine groups is 1. The van der Waals surface area contributed by atoms with Crippen LogP contribution in [0.3, 0.4) is 0 Å². The Morgan fingerprint density at radius 1 is 0.882 bits per heavy atom. The number of benzene rings is 4. The first-order chi connectivity index (χ1) is 24.7. The molecular weight excluding hydrogens is 673 g/mol. The van der Waals surface area contributed by atoms with Gasteiger partial charge in [-0.15, -0.1) is 0 Å². The van der Waals surface area contributed by atoms with Crippen molar-refractivity contribution in [3.63, 3.8) is 0 Å². The fourth-order valence-corrected chi connectivity index (χ4v) is 9.00. The third-order valence-electron chi connectivity index (χ3n) is 10.9. The quantitative estimate of drug-likeness (QED) is 0.161. The number of nitrogens with one attached hydrogen (secondary N) is 1. The molecule has 0 aromatic heterocycles. The zero-order valence-corrected chi connectivity index (χ0v) is 28.2. The summed E-state index contributed by atoms with van der Waals surface area (Å²) in [6.07, 6.45) is 2.23. The minimum absolute atomic E-state index is 0.0753. The Labute approximate surface area is 298 Å². The molecule has 51 heavy (non-hydrogen) atoms. The van der Waals surface area contributed by atoms with E-state index in [0.717, 1.165) is 5.01 Å². The van der Waals surface area contributed by atoms with E-state index in [-0.39, 0.29) is 42.8 Å². The molecule has 2 heterocycles. The lowest BCUT2D eigenvalue weighted by atomic mass is 9.49. The molecule has 9 nitrogen and oxygen atoms in total. The highest BCUT2D eigenvalue weighted by Gasteiger charge is 2.70. The molecule has 0 bridgehead atoms. The van der Waals surface area contributed by atoms with Crippen LogP contribution in [-0.4, -0.2) is 40.4 Å². The summed E-state index contributed by atoms with van der Waals surface area (Å²) in [5.74, 6) is -6.39. The average Bonchev–Trinajstić information content (AvgIpc) is 3.51. The molecule has 2 aliphatic carbocycles. The van der Waals surface area contributed by atoms with E-state index in [0.29, 0.717) is 33.1 Å². The standard InChI is InChI=1S/C40H33ClFN3O6/c1-2-51-32-10-6-9-29(35(32)46)34-27-19-20-28-33(38(49)44(36(28)47)26-7-4-3-5-8-26)30(27)21-31-37(48)45(43-25-17-15-24(42)16-18-25)39(50)40(31,34)22-11-13-23(41)14-12-22/h3-19,28,30-31,33-34,43,46H,2,20-21H2,1H3. The number of phenolic OH excluding ortho intramolecular Hbond substituents is 1. The molecule has 2 N–H and O–H groups in total. The Balaban J connectivity index is 1.35. The number of aromatic hydroxyl groups is 1. The number of phenols is 1. The summed E-state index contributed by atoms with van der Waals surface area (Å²) in [6.45, 7) is 2.05. The van der Waals surface area contributed by atoms with Gasteiger partial charge in [0.25, 0.3) is 11.8 Å². The van der Waals surface area contributed by atoms with Gasteiger partial charge in [-0.2, -0.15) is 5.01 Å². The second-order valence-corrected chi connectivity index (χ2v) is 13.8. The van der Waals surface area contributed by atoms with Crippen molar-refractivity contribution < 1.29 is 33.4 Å². The maximum absolute atomic E-state index is 15.3. The van der Waals surface area contributed by atoms with Gasteiger partial charge in [0.2, 0.25) is 11.8 Å². The summed E-state index contributed by atoms with van der Waals surface area (Å²) in [4.78, 5) is 59.6. The molecule has 11 heteroatoms. The molecule has 2 saturated heterocycles. The summed E-state index contributed by atoms with van der Waals surface area (Å²) in [6, 6.07) is 25.8. The van der Waals surface area contributed by atoms with Gasteiger partial charge in [-0.3, -0.25) is 29.5 Å². The van der Waals surface area contributed by atoms with E-state index < -0.39 is 52.6 Å². The number of anilines is 2. The summed E-state index contributed by atoms with van der Waals surface area (Å²) in [7, 11) is 0. The van der Waals surface area contributed by atoms with Crippen molar-refractivity contribution >= 4 is 46.6 Å². The Bertz CT molecular complexity index is 2110. The molecule has 4 aliphatic rings. The summed E-state index contributed by atoms with van der Waals surface area (Å²) < 4.78 is 19.7. The van der Waals surface area contributed by atoms with E-state index in [4.69, 9.17) is 16.3 Å². The van der Waals surface area contributed by atoms with Crippen molar-refractivity contribution in [2.75, 3.05) is 16.9 Å². The number of nitrogens with zero attached hydrogens (tertiary/aromatic N) is 2. The van der Waals surface area contributed by atoms with E-state index in [1.165, 1.54) is 29.2 Å². The predicted octanol–water partition coefficient (Wildman–Crippen LogP) is 6.77. The molecule has 258 valence electrons. The molecule has 6 atom stereocenters. The van der Waals surface area contributed by atoms with Crippen LogP contribution in [0.5, 0.6) is 11.5 Å². The molecule has 6 unspecified atom stereocenters. The molecule has 0 spiro atoms. The summed E-state index contributed by atoms with van der Waals surface area (Å²) >= 11 is 6.36. The third-order valence-corrected chi connectivity index (χ3v) is 11.2. The van der Waals surface area contributed by atoms with Crippen LogP contribution in [0, 0.1) is 29.5 Å². The largest absolute Gasteiger partial charge is 0.504 e. The van der Waals surface area contributed by atoms with E-state index in [2.05, 4.69) is 5.43 Å². The smallest absolute Gasteiger partial charge is 0.260 e. The zero-order chi connectivity index (χ0) is 35.6. The minimum Gasteiger partial charge on any atom is -0.504 e. The number of halogens is 2. The number of hydrogen-bond donors (Lipinski definition) is 2. The van der Waals surface area contributed by atoms with Crippen LogP contribution in [0.15, 0.2) is 109 Å². The highest BCUT2D eigenvalue weighted by molar-refractivity contribution is 6.30. The molecule has 1 saturated carbocycles. The number of para-hydroxylation sites is 2. The van der Waals surface area contributed by atoms with Gasteiger partial charge < -0.3 is 9.84 Å². The predicted molar refractivity (Wildman–Crippen MR) is 187 cm³/mol. The van der Waals surface area contributed by atoms with E-state index >= 15 is 4.79 Å². The van der Waals surface area contributed by atoms with Crippen LogP contribution in [0.25, 0.3) is 0 Å². The van der Waals surface area contributed by atoms with Crippen LogP contribution < -0.4 is 15.1 Å². The molecule has 0 radical (unpaired) electrons. The van der Waals surface area contributed by atoms with Gasteiger partial charge in [-0.1, -0.05) is 65.7 Å². The number of hydrogen-bond acceptors (Lipinski definition) is 7. The maximum atomic E-state index is 15.3. The molecular formula is C40H33ClFN3O6. The fourth-order valence-electron chi connectivity index (χ4n) is 8.88. The highest BCUT2D eigenvalue weighted by Crippen LogP contribution is 2.65. The lowest BCUT2D eigenvalue weighted by Gasteiger charge is -2.50. The van der Waals surface area contributed by atoms with Crippen LogP contribution in [0.2, 0.25) is 5.02 Å². The van der Waals surface area contributed by atoms with Crippen LogP contribution in [0.4, 0.5) is 15.8 Å². The van der Waals surface area contributed by atoms with Crippen LogP contribution in [0.1, 0.15) is 36.8 Å². The van der Waals surface area contributed by atoms with Crippen molar-refractivity contribution in [1.82, 2.24) is 5.01 Å². The van der Waals surface area contributed by atoms with Gasteiger partial charge in [0.15, 0.2) is 11.5 Å². The molecule has 2 aliphatic heterocycles. The molecule has 8 rings (SSSR count). The van der Waals surface area contributed by atoms with Crippen molar-refractivity contribution in [2.45, 2.75) is 31.1 Å². The van der Waals surface area contributed by atoms with E-state index in [1.54, 1.807) is 79.7 Å². The fraction of sp³-hybridized carbons (Fsp3) is 0.250. The topological polar surface area (TPSA) is 116 Å². The van der Waals surface area contributed by atoms with Gasteiger partial charge in [0.1, 0.15) is 5.82 Å². The number of carbonyl (C=O) groups is 4. The zero-order valence-electron chi connectivity index (χ0n) is 27.5. The number of allylic oxidation sites excluding steroid dienone is 2. The van der Waals surface area contributed by atoms with Crippen molar-refractivity contribution in [1.29, 1.82) is 0 Å². The van der Waals surface area contributed by atoms with Crippen molar-refractivity contribution in [3.05, 3.63) is 131 Å². The Hall–Kier alpha value is -5.48. The summed E-state index contributed by atoms with van der Waals surface area (Å²) in [5, 5.41) is 13.3. The van der Waals surface area contributed by atoms with Crippen molar-refractivity contribution in [2.24, 2.45) is 23.7 Å².